The van der Waals surface area contributed by atoms with E-state index >= 15 is 0 Å². The number of hydrogen-bond donors (Lipinski definition) is 1. The standard InChI is InChI=1S/C13H15N3O/c1-17-11-3-2-9-8-15-13(16-12(9)6-11)10-4-5-14-7-10/h2-3,6,8,10,14H,4-5,7H2,1H3. The van der Waals surface area contributed by atoms with E-state index in [1.807, 2.05) is 24.4 Å². The second-order valence-corrected chi connectivity index (χ2v) is 4.34. The first-order chi connectivity index (χ1) is 8.36. The summed E-state index contributed by atoms with van der Waals surface area (Å²) in [6.45, 7) is 2.04. The monoisotopic (exact) mass is 229 g/mol. The number of nitrogens with one attached hydrogen (secondary N) is 1. The van der Waals surface area contributed by atoms with Gasteiger partial charge in [-0.3, -0.25) is 0 Å². The van der Waals surface area contributed by atoms with Crippen LogP contribution in [0.5, 0.6) is 5.75 Å². The molecule has 0 bridgehead atoms. The van der Waals surface area contributed by atoms with Crippen molar-refractivity contribution in [1.29, 1.82) is 0 Å². The van der Waals surface area contributed by atoms with Crippen molar-refractivity contribution >= 4 is 10.9 Å². The molecule has 0 amide bonds. The van der Waals surface area contributed by atoms with Gasteiger partial charge >= 0.3 is 0 Å². The highest BCUT2D eigenvalue weighted by Gasteiger charge is 2.19. The molecule has 1 N–H and O–H groups in total. The summed E-state index contributed by atoms with van der Waals surface area (Å²) in [6.07, 6.45) is 3.02. The third-order valence-corrected chi connectivity index (χ3v) is 3.23. The van der Waals surface area contributed by atoms with Gasteiger partial charge in [0.25, 0.3) is 0 Å². The summed E-state index contributed by atoms with van der Waals surface area (Å²) < 4.78 is 5.21. The van der Waals surface area contributed by atoms with E-state index in [1.165, 1.54) is 0 Å². The fourth-order valence-corrected chi connectivity index (χ4v) is 2.22. The Morgan fingerprint density at radius 2 is 2.35 bits per heavy atom. The minimum atomic E-state index is 0.450. The lowest BCUT2D eigenvalue weighted by Crippen LogP contribution is -2.10. The number of ether oxygens (including phenoxy) is 1. The molecule has 1 atom stereocenters. The highest BCUT2D eigenvalue weighted by molar-refractivity contribution is 5.79. The maximum atomic E-state index is 5.21. The summed E-state index contributed by atoms with van der Waals surface area (Å²) in [7, 11) is 1.67. The second-order valence-electron chi connectivity index (χ2n) is 4.34. The van der Waals surface area contributed by atoms with Crippen molar-refractivity contribution in [3.8, 4) is 5.75 Å². The normalized spacial score (nSPS) is 19.7. The average molecular weight is 229 g/mol. The van der Waals surface area contributed by atoms with E-state index < -0.39 is 0 Å². The summed E-state index contributed by atoms with van der Waals surface area (Å²) in [5, 5.41) is 4.39. The number of nitrogens with zero attached hydrogens (tertiary/aromatic N) is 2. The third kappa shape index (κ3) is 1.96. The van der Waals surface area contributed by atoms with Crippen LogP contribution >= 0.6 is 0 Å². The minimum absolute atomic E-state index is 0.450. The van der Waals surface area contributed by atoms with Gasteiger partial charge in [-0.25, -0.2) is 9.97 Å². The molecule has 3 rings (SSSR count). The Morgan fingerprint density at radius 1 is 1.41 bits per heavy atom. The molecular weight excluding hydrogens is 214 g/mol. The fraction of sp³-hybridized carbons (Fsp3) is 0.385. The molecule has 0 saturated carbocycles. The van der Waals surface area contributed by atoms with Gasteiger partial charge in [0.1, 0.15) is 11.6 Å². The van der Waals surface area contributed by atoms with Crippen LogP contribution in [0.2, 0.25) is 0 Å². The molecule has 2 heterocycles. The number of hydrogen-bond acceptors (Lipinski definition) is 4. The van der Waals surface area contributed by atoms with Crippen molar-refractivity contribution in [3.63, 3.8) is 0 Å². The van der Waals surface area contributed by atoms with Crippen LogP contribution in [-0.4, -0.2) is 30.2 Å². The van der Waals surface area contributed by atoms with Crippen molar-refractivity contribution in [3.05, 3.63) is 30.2 Å². The molecule has 2 aromatic rings. The van der Waals surface area contributed by atoms with Crippen molar-refractivity contribution in [2.24, 2.45) is 0 Å². The topological polar surface area (TPSA) is 47.0 Å². The first kappa shape index (κ1) is 10.5. The van der Waals surface area contributed by atoms with Crippen LogP contribution in [0.15, 0.2) is 24.4 Å². The average Bonchev–Trinajstić information content (AvgIpc) is 2.91. The molecule has 1 fully saturated rings. The highest BCUT2D eigenvalue weighted by atomic mass is 16.5. The summed E-state index contributed by atoms with van der Waals surface area (Å²) in [5.41, 5.74) is 0.959. The van der Waals surface area contributed by atoms with Gasteiger partial charge in [-0.15, -0.1) is 0 Å². The Hall–Kier alpha value is -1.68. The molecule has 1 aliphatic heterocycles. The SMILES string of the molecule is COc1ccc2cnc(C3CCNC3)nc2c1. The van der Waals surface area contributed by atoms with E-state index in [0.29, 0.717) is 5.92 Å². The lowest BCUT2D eigenvalue weighted by atomic mass is 10.1. The van der Waals surface area contributed by atoms with Gasteiger partial charge in [-0.2, -0.15) is 0 Å². The molecule has 1 aromatic carbocycles. The van der Waals surface area contributed by atoms with Crippen LogP contribution in [0, 0.1) is 0 Å². The Kier molecular flexibility index (Phi) is 2.65. The van der Waals surface area contributed by atoms with Crippen molar-refractivity contribution in [1.82, 2.24) is 15.3 Å². The molecule has 1 aromatic heterocycles. The Morgan fingerprint density at radius 3 is 3.12 bits per heavy atom. The third-order valence-electron chi connectivity index (χ3n) is 3.23. The molecule has 0 spiro atoms. The van der Waals surface area contributed by atoms with Crippen LogP contribution in [-0.2, 0) is 0 Å². The van der Waals surface area contributed by atoms with Crippen LogP contribution in [0.1, 0.15) is 18.2 Å². The zero-order valence-corrected chi connectivity index (χ0v) is 9.81. The van der Waals surface area contributed by atoms with Gasteiger partial charge in [-0.1, -0.05) is 0 Å². The summed E-state index contributed by atoms with van der Waals surface area (Å²) in [5.74, 6) is 2.23. The highest BCUT2D eigenvalue weighted by Crippen LogP contribution is 2.23. The molecule has 1 unspecified atom stereocenters. The summed E-state index contributed by atoms with van der Waals surface area (Å²) >= 11 is 0. The quantitative estimate of drug-likeness (QED) is 0.851. The molecule has 17 heavy (non-hydrogen) atoms. The van der Waals surface area contributed by atoms with Crippen LogP contribution in [0.4, 0.5) is 0 Å². The van der Waals surface area contributed by atoms with Gasteiger partial charge in [0, 0.05) is 30.1 Å². The fourth-order valence-electron chi connectivity index (χ4n) is 2.22. The van der Waals surface area contributed by atoms with Crippen molar-refractivity contribution in [2.45, 2.75) is 12.3 Å². The maximum absolute atomic E-state index is 5.21. The van der Waals surface area contributed by atoms with E-state index in [-0.39, 0.29) is 0 Å². The molecule has 4 heteroatoms. The predicted octanol–water partition coefficient (Wildman–Crippen LogP) is 1.72. The number of fused-ring (bicyclic) bond motifs is 1. The number of aromatic nitrogens is 2. The van der Waals surface area contributed by atoms with Gasteiger partial charge in [0.05, 0.1) is 12.6 Å². The Balaban J connectivity index is 2.03. The van der Waals surface area contributed by atoms with Crippen LogP contribution < -0.4 is 10.1 Å². The second kappa shape index (κ2) is 4.30. The van der Waals surface area contributed by atoms with E-state index in [9.17, 15) is 0 Å². The number of rotatable bonds is 2. The van der Waals surface area contributed by atoms with Crippen molar-refractivity contribution in [2.75, 3.05) is 20.2 Å². The van der Waals surface area contributed by atoms with E-state index in [4.69, 9.17) is 4.74 Å². The van der Waals surface area contributed by atoms with Gasteiger partial charge in [0.2, 0.25) is 0 Å². The smallest absolute Gasteiger partial charge is 0.133 e. The molecular formula is C13H15N3O. The minimum Gasteiger partial charge on any atom is -0.497 e. The first-order valence-corrected chi connectivity index (χ1v) is 5.88. The van der Waals surface area contributed by atoms with Crippen molar-refractivity contribution < 1.29 is 4.74 Å². The van der Waals surface area contributed by atoms with Gasteiger partial charge in [0.15, 0.2) is 0 Å². The van der Waals surface area contributed by atoms with E-state index in [2.05, 4.69) is 15.3 Å². The maximum Gasteiger partial charge on any atom is 0.133 e. The van der Waals surface area contributed by atoms with E-state index in [0.717, 1.165) is 42.0 Å². The number of benzene rings is 1. The van der Waals surface area contributed by atoms with E-state index in [1.54, 1.807) is 7.11 Å². The van der Waals surface area contributed by atoms with Crippen LogP contribution in [0.25, 0.3) is 10.9 Å². The largest absolute Gasteiger partial charge is 0.497 e. The predicted molar refractivity (Wildman–Crippen MR) is 66.3 cm³/mol. The lowest BCUT2D eigenvalue weighted by molar-refractivity contribution is 0.415. The first-order valence-electron chi connectivity index (χ1n) is 5.88. The van der Waals surface area contributed by atoms with Crippen LogP contribution in [0.3, 0.4) is 0 Å². The molecule has 1 saturated heterocycles. The summed E-state index contributed by atoms with van der Waals surface area (Å²) in [6, 6.07) is 5.89. The molecule has 0 radical (unpaired) electrons. The summed E-state index contributed by atoms with van der Waals surface area (Å²) in [4.78, 5) is 9.09. The van der Waals surface area contributed by atoms with Gasteiger partial charge in [-0.05, 0) is 25.1 Å². The molecule has 0 aliphatic carbocycles. The molecule has 1 aliphatic rings. The molecule has 88 valence electrons. The Bertz CT molecular complexity index is 535. The lowest BCUT2D eigenvalue weighted by Gasteiger charge is -2.08. The van der Waals surface area contributed by atoms with Gasteiger partial charge < -0.3 is 10.1 Å². The number of methoxy groups -OCH3 is 1. The zero-order chi connectivity index (χ0) is 11.7. The zero-order valence-electron chi connectivity index (χ0n) is 9.81. The Labute approximate surface area is 100 Å². The molecule has 4 nitrogen and oxygen atoms in total.